The van der Waals surface area contributed by atoms with Gasteiger partial charge in [-0.3, -0.25) is 0 Å². The van der Waals surface area contributed by atoms with Gasteiger partial charge < -0.3 is 9.80 Å². The number of fused-ring (bicyclic) bond motifs is 1. The van der Waals surface area contributed by atoms with Gasteiger partial charge >= 0.3 is 0 Å². The minimum absolute atomic E-state index is 1.21. The van der Waals surface area contributed by atoms with Crippen molar-refractivity contribution in [1.82, 2.24) is 0 Å². The van der Waals surface area contributed by atoms with Gasteiger partial charge in [0, 0.05) is 19.7 Å². The summed E-state index contributed by atoms with van der Waals surface area (Å²) < 4.78 is 0. The highest BCUT2D eigenvalue weighted by Gasteiger charge is 2.30. The molecule has 0 saturated heterocycles. The number of nitrogens with zero attached hydrogens (tertiary/aromatic N) is 2. The van der Waals surface area contributed by atoms with Gasteiger partial charge in [-0.05, 0) is 29.7 Å². The van der Waals surface area contributed by atoms with Crippen molar-refractivity contribution in [3.63, 3.8) is 0 Å². The fourth-order valence-corrected chi connectivity index (χ4v) is 3.77. The first-order valence-electron chi connectivity index (χ1n) is 8.60. The van der Waals surface area contributed by atoms with Gasteiger partial charge in [0.15, 0.2) is 0 Å². The number of rotatable bonds is 2. The molecule has 1 heterocycles. The van der Waals surface area contributed by atoms with Crippen LogP contribution in [0.15, 0.2) is 84.7 Å². The minimum atomic E-state index is 1.21. The first kappa shape index (κ1) is 15.5. The molecule has 25 heavy (non-hydrogen) atoms. The van der Waals surface area contributed by atoms with E-state index in [1.807, 2.05) is 0 Å². The molecule has 1 aliphatic heterocycles. The molecule has 2 heteroatoms. The van der Waals surface area contributed by atoms with E-state index in [0.29, 0.717) is 0 Å². The lowest BCUT2D eigenvalue weighted by Crippen LogP contribution is -2.24. The smallest absolute Gasteiger partial charge is 0.121 e. The van der Waals surface area contributed by atoms with E-state index in [9.17, 15) is 0 Å². The predicted molar refractivity (Wildman–Crippen MR) is 107 cm³/mol. The molecule has 1 aliphatic rings. The van der Waals surface area contributed by atoms with Crippen LogP contribution in [0, 0.1) is 6.92 Å². The van der Waals surface area contributed by atoms with Crippen molar-refractivity contribution in [3.8, 4) is 0 Å². The Kier molecular flexibility index (Phi) is 3.81. The topological polar surface area (TPSA) is 6.48 Å². The standard InChI is InChI=1S/C23H22N2/c1-17-11-10-16-20-22(17)25(3)23(24(20)2)21(18-12-6-4-7-13-18)19-14-8-5-9-15-19/h4-16H,1-3H3. The second-order valence-electron chi connectivity index (χ2n) is 6.49. The second kappa shape index (κ2) is 6.14. The molecule has 0 atom stereocenters. The molecular weight excluding hydrogens is 304 g/mol. The van der Waals surface area contributed by atoms with E-state index in [1.165, 1.54) is 39.5 Å². The third-order valence-electron chi connectivity index (χ3n) is 4.90. The van der Waals surface area contributed by atoms with Crippen LogP contribution in [0.3, 0.4) is 0 Å². The zero-order valence-electron chi connectivity index (χ0n) is 14.9. The molecule has 124 valence electrons. The van der Waals surface area contributed by atoms with E-state index in [1.54, 1.807) is 0 Å². The zero-order chi connectivity index (χ0) is 17.4. The SMILES string of the molecule is Cc1cccc2c1N(C)C(=C(c1ccccc1)c1ccccc1)N2C. The van der Waals surface area contributed by atoms with Gasteiger partial charge in [-0.2, -0.15) is 0 Å². The van der Waals surface area contributed by atoms with Crippen LogP contribution in [0.25, 0.3) is 5.57 Å². The molecular formula is C23H22N2. The van der Waals surface area contributed by atoms with Gasteiger partial charge in [-0.25, -0.2) is 0 Å². The summed E-state index contributed by atoms with van der Waals surface area (Å²) in [5, 5.41) is 0. The molecule has 0 amide bonds. The lowest BCUT2D eigenvalue weighted by Gasteiger charge is -2.24. The van der Waals surface area contributed by atoms with E-state index < -0.39 is 0 Å². The zero-order valence-corrected chi connectivity index (χ0v) is 14.9. The molecule has 0 N–H and O–H groups in total. The largest absolute Gasteiger partial charge is 0.329 e. The average Bonchev–Trinajstić information content (AvgIpc) is 2.90. The van der Waals surface area contributed by atoms with Crippen LogP contribution in [-0.4, -0.2) is 14.1 Å². The van der Waals surface area contributed by atoms with E-state index in [4.69, 9.17) is 0 Å². The van der Waals surface area contributed by atoms with Gasteiger partial charge in [0.05, 0.1) is 11.4 Å². The second-order valence-corrected chi connectivity index (χ2v) is 6.49. The number of aryl methyl sites for hydroxylation is 1. The predicted octanol–water partition coefficient (Wildman–Crippen LogP) is 5.30. The summed E-state index contributed by atoms with van der Waals surface area (Å²) in [5.41, 5.74) is 7.54. The van der Waals surface area contributed by atoms with E-state index in [-0.39, 0.29) is 0 Å². The monoisotopic (exact) mass is 326 g/mol. The lowest BCUT2D eigenvalue weighted by atomic mass is 9.97. The van der Waals surface area contributed by atoms with Crippen molar-refractivity contribution in [2.75, 3.05) is 23.9 Å². The molecule has 0 radical (unpaired) electrons. The van der Waals surface area contributed by atoms with Crippen molar-refractivity contribution in [3.05, 3.63) is 101 Å². The Bertz CT molecular complexity index is 885. The van der Waals surface area contributed by atoms with Crippen LogP contribution in [0.2, 0.25) is 0 Å². The maximum atomic E-state index is 2.32. The highest BCUT2D eigenvalue weighted by molar-refractivity contribution is 5.94. The Morgan fingerprint density at radius 2 is 1.20 bits per heavy atom. The number of benzene rings is 3. The van der Waals surface area contributed by atoms with Crippen molar-refractivity contribution in [1.29, 1.82) is 0 Å². The normalized spacial score (nSPS) is 13.2. The molecule has 2 nitrogen and oxygen atoms in total. The Morgan fingerprint density at radius 3 is 1.72 bits per heavy atom. The molecule has 0 bridgehead atoms. The van der Waals surface area contributed by atoms with Gasteiger partial charge in [-0.1, -0.05) is 72.8 Å². The molecule has 0 fully saturated rings. The highest BCUT2D eigenvalue weighted by Crippen LogP contribution is 2.45. The number of anilines is 2. The molecule has 0 aliphatic carbocycles. The quantitative estimate of drug-likeness (QED) is 0.630. The molecule has 3 aromatic rings. The van der Waals surface area contributed by atoms with Crippen molar-refractivity contribution >= 4 is 16.9 Å². The number of hydrogen-bond donors (Lipinski definition) is 0. The van der Waals surface area contributed by atoms with E-state index in [0.717, 1.165) is 0 Å². The van der Waals surface area contributed by atoms with Crippen LogP contribution in [0.4, 0.5) is 11.4 Å². The maximum Gasteiger partial charge on any atom is 0.121 e. The molecule has 0 aromatic heterocycles. The van der Waals surface area contributed by atoms with Crippen LogP contribution < -0.4 is 9.80 Å². The van der Waals surface area contributed by atoms with Gasteiger partial charge in [0.25, 0.3) is 0 Å². The molecule has 3 aromatic carbocycles. The molecule has 0 spiro atoms. The number of para-hydroxylation sites is 1. The summed E-state index contributed by atoms with van der Waals surface area (Å²) in [5.74, 6) is 1.21. The van der Waals surface area contributed by atoms with Crippen molar-refractivity contribution in [2.45, 2.75) is 6.92 Å². The van der Waals surface area contributed by atoms with Crippen LogP contribution >= 0.6 is 0 Å². The van der Waals surface area contributed by atoms with Crippen LogP contribution in [0.5, 0.6) is 0 Å². The summed E-state index contributed by atoms with van der Waals surface area (Å²) in [4.78, 5) is 4.62. The molecule has 0 saturated carbocycles. The summed E-state index contributed by atoms with van der Waals surface area (Å²) in [6.45, 7) is 2.18. The van der Waals surface area contributed by atoms with Crippen molar-refractivity contribution in [2.24, 2.45) is 0 Å². The first-order chi connectivity index (χ1) is 12.2. The first-order valence-corrected chi connectivity index (χ1v) is 8.60. The third kappa shape index (κ3) is 2.51. The summed E-state index contributed by atoms with van der Waals surface area (Å²) in [6, 6.07) is 27.8. The van der Waals surface area contributed by atoms with E-state index in [2.05, 4.69) is 110 Å². The highest BCUT2D eigenvalue weighted by atomic mass is 15.4. The Morgan fingerprint density at radius 1 is 0.640 bits per heavy atom. The summed E-state index contributed by atoms with van der Waals surface area (Å²) in [7, 11) is 4.32. The number of hydrogen-bond acceptors (Lipinski definition) is 2. The van der Waals surface area contributed by atoms with E-state index >= 15 is 0 Å². The third-order valence-corrected chi connectivity index (χ3v) is 4.90. The lowest BCUT2D eigenvalue weighted by molar-refractivity contribution is 1.05. The minimum Gasteiger partial charge on any atom is -0.329 e. The average molecular weight is 326 g/mol. The fourth-order valence-electron chi connectivity index (χ4n) is 3.77. The molecule has 4 rings (SSSR count). The van der Waals surface area contributed by atoms with Gasteiger partial charge in [-0.15, -0.1) is 0 Å². The fraction of sp³-hybridized carbons (Fsp3) is 0.130. The van der Waals surface area contributed by atoms with Crippen LogP contribution in [0.1, 0.15) is 16.7 Å². The Balaban J connectivity index is 2.01. The van der Waals surface area contributed by atoms with Crippen molar-refractivity contribution < 1.29 is 0 Å². The van der Waals surface area contributed by atoms with Crippen LogP contribution in [-0.2, 0) is 0 Å². The summed E-state index contributed by atoms with van der Waals surface area (Å²) >= 11 is 0. The van der Waals surface area contributed by atoms with Gasteiger partial charge in [0.1, 0.15) is 5.82 Å². The Labute approximate surface area is 149 Å². The van der Waals surface area contributed by atoms with Gasteiger partial charge in [0.2, 0.25) is 0 Å². The maximum absolute atomic E-state index is 2.32. The Hall–Kier alpha value is -3.00. The molecule has 0 unspecified atom stereocenters. The summed E-state index contributed by atoms with van der Waals surface area (Å²) in [6.07, 6.45) is 0.